The highest BCUT2D eigenvalue weighted by molar-refractivity contribution is 5.31. The summed E-state index contributed by atoms with van der Waals surface area (Å²) >= 11 is 0. The minimum Gasteiger partial charge on any atom is -0.490 e. The number of ether oxygens (including phenoxy) is 2. The van der Waals surface area contributed by atoms with Crippen molar-refractivity contribution in [3.8, 4) is 5.75 Å². The van der Waals surface area contributed by atoms with Gasteiger partial charge in [0.1, 0.15) is 12.4 Å². The molecule has 2 aromatic rings. The lowest BCUT2D eigenvalue weighted by molar-refractivity contribution is 0.160. The van der Waals surface area contributed by atoms with E-state index >= 15 is 0 Å². The number of hydrogen-bond acceptors (Lipinski definition) is 3. The number of benzene rings is 2. The van der Waals surface area contributed by atoms with E-state index < -0.39 is 0 Å². The van der Waals surface area contributed by atoms with E-state index in [0.29, 0.717) is 26.4 Å². The Kier molecular flexibility index (Phi) is 7.95. The molecule has 0 saturated carbocycles. The van der Waals surface area contributed by atoms with Crippen molar-refractivity contribution in [2.45, 2.75) is 12.8 Å². The van der Waals surface area contributed by atoms with Gasteiger partial charge in [-0.15, -0.1) is 0 Å². The summed E-state index contributed by atoms with van der Waals surface area (Å²) in [5.41, 5.74) is 7.99. The second kappa shape index (κ2) is 10.6. The average Bonchev–Trinajstić information content (AvgIpc) is 2.60. The zero-order valence-electron chi connectivity index (χ0n) is 13.5. The van der Waals surface area contributed by atoms with Crippen LogP contribution in [0.4, 0.5) is 0 Å². The number of rotatable bonds is 10. The van der Waals surface area contributed by atoms with Crippen molar-refractivity contribution in [1.82, 2.24) is 0 Å². The zero-order valence-corrected chi connectivity index (χ0v) is 13.5. The molecule has 0 aliphatic carbocycles. The molecule has 0 unspecified atom stereocenters. The molecule has 3 nitrogen and oxygen atoms in total. The van der Waals surface area contributed by atoms with Crippen LogP contribution in [0.1, 0.15) is 17.5 Å². The standard InChI is InChI=1S/C20H25NO2/c21-13-6-15-22-14-4-5-16-23-20-11-9-19(10-12-20)17-18-7-2-1-3-8-18/h1-5,7-12H,6,13-17,21H2/b5-4+. The van der Waals surface area contributed by atoms with Gasteiger partial charge in [-0.05, 0) is 48.7 Å². The van der Waals surface area contributed by atoms with E-state index in [-0.39, 0.29) is 0 Å². The van der Waals surface area contributed by atoms with E-state index in [2.05, 4.69) is 36.4 Å². The molecule has 0 aliphatic heterocycles. The van der Waals surface area contributed by atoms with E-state index in [4.69, 9.17) is 15.2 Å². The fourth-order valence-electron chi connectivity index (χ4n) is 2.15. The van der Waals surface area contributed by atoms with Crippen molar-refractivity contribution in [2.75, 3.05) is 26.4 Å². The lowest BCUT2D eigenvalue weighted by Crippen LogP contribution is -2.04. The van der Waals surface area contributed by atoms with E-state index in [1.165, 1.54) is 11.1 Å². The predicted molar refractivity (Wildman–Crippen MR) is 94.8 cm³/mol. The summed E-state index contributed by atoms with van der Waals surface area (Å²) in [4.78, 5) is 0. The molecule has 3 heteroatoms. The molecule has 0 radical (unpaired) electrons. The molecular formula is C20H25NO2. The smallest absolute Gasteiger partial charge is 0.119 e. The van der Waals surface area contributed by atoms with Gasteiger partial charge in [-0.3, -0.25) is 0 Å². The summed E-state index contributed by atoms with van der Waals surface area (Å²) in [6, 6.07) is 18.7. The molecule has 0 spiro atoms. The quantitative estimate of drug-likeness (QED) is 0.539. The first-order valence-electron chi connectivity index (χ1n) is 8.07. The second-order valence-electron chi connectivity index (χ2n) is 5.31. The third-order valence-corrected chi connectivity index (χ3v) is 3.39. The molecule has 23 heavy (non-hydrogen) atoms. The van der Waals surface area contributed by atoms with Gasteiger partial charge >= 0.3 is 0 Å². The Morgan fingerprint density at radius 3 is 2.26 bits per heavy atom. The fourth-order valence-corrected chi connectivity index (χ4v) is 2.15. The van der Waals surface area contributed by atoms with Crippen molar-refractivity contribution in [2.24, 2.45) is 5.73 Å². The molecule has 0 aliphatic rings. The third kappa shape index (κ3) is 7.13. The molecule has 0 atom stereocenters. The molecular weight excluding hydrogens is 286 g/mol. The highest BCUT2D eigenvalue weighted by atomic mass is 16.5. The lowest BCUT2D eigenvalue weighted by atomic mass is 10.1. The van der Waals surface area contributed by atoms with Crippen molar-refractivity contribution >= 4 is 0 Å². The van der Waals surface area contributed by atoms with Crippen LogP contribution < -0.4 is 10.5 Å². The van der Waals surface area contributed by atoms with Gasteiger partial charge < -0.3 is 15.2 Å². The lowest BCUT2D eigenvalue weighted by Gasteiger charge is -2.05. The van der Waals surface area contributed by atoms with Gasteiger partial charge in [-0.2, -0.15) is 0 Å². The molecule has 122 valence electrons. The van der Waals surface area contributed by atoms with Gasteiger partial charge in [0.05, 0.1) is 6.61 Å². The van der Waals surface area contributed by atoms with Crippen LogP contribution in [0.25, 0.3) is 0 Å². The second-order valence-corrected chi connectivity index (χ2v) is 5.31. The van der Waals surface area contributed by atoms with Crippen LogP contribution >= 0.6 is 0 Å². The summed E-state index contributed by atoms with van der Waals surface area (Å²) in [5.74, 6) is 0.885. The van der Waals surface area contributed by atoms with E-state index in [1.54, 1.807) is 0 Å². The van der Waals surface area contributed by atoms with Crippen molar-refractivity contribution in [1.29, 1.82) is 0 Å². The SMILES string of the molecule is NCCCOC/C=C/COc1ccc(Cc2ccccc2)cc1. The first kappa shape index (κ1) is 17.3. The molecule has 0 bridgehead atoms. The van der Waals surface area contributed by atoms with E-state index in [0.717, 1.165) is 18.6 Å². The van der Waals surface area contributed by atoms with Gasteiger partial charge in [0, 0.05) is 6.61 Å². The predicted octanol–water partition coefficient (Wildman–Crippen LogP) is 3.58. The Morgan fingerprint density at radius 2 is 1.52 bits per heavy atom. The topological polar surface area (TPSA) is 44.5 Å². The molecule has 2 aromatic carbocycles. The van der Waals surface area contributed by atoms with Crippen molar-refractivity contribution in [3.63, 3.8) is 0 Å². The highest BCUT2D eigenvalue weighted by Crippen LogP contribution is 2.15. The first-order valence-corrected chi connectivity index (χ1v) is 8.07. The molecule has 0 fully saturated rings. The van der Waals surface area contributed by atoms with Crippen LogP contribution in [-0.2, 0) is 11.2 Å². The maximum Gasteiger partial charge on any atom is 0.119 e. The summed E-state index contributed by atoms with van der Waals surface area (Å²) in [6.07, 6.45) is 5.79. The van der Waals surface area contributed by atoms with Crippen molar-refractivity contribution in [3.05, 3.63) is 77.9 Å². The Labute approximate surface area is 138 Å². The third-order valence-electron chi connectivity index (χ3n) is 3.39. The summed E-state index contributed by atoms with van der Waals surface area (Å²) in [5, 5.41) is 0. The molecule has 0 amide bonds. The van der Waals surface area contributed by atoms with Crippen LogP contribution in [0.5, 0.6) is 5.75 Å². The molecule has 0 saturated heterocycles. The normalized spacial score (nSPS) is 11.0. The van der Waals surface area contributed by atoms with Gasteiger partial charge in [0.25, 0.3) is 0 Å². The maximum atomic E-state index is 5.68. The monoisotopic (exact) mass is 311 g/mol. The maximum absolute atomic E-state index is 5.68. The van der Waals surface area contributed by atoms with Gasteiger partial charge in [-0.1, -0.05) is 48.5 Å². The summed E-state index contributed by atoms with van der Waals surface area (Å²) in [7, 11) is 0. The number of nitrogens with two attached hydrogens (primary N) is 1. The molecule has 2 rings (SSSR count). The molecule has 2 N–H and O–H groups in total. The first-order chi connectivity index (χ1) is 11.4. The average molecular weight is 311 g/mol. The Bertz CT molecular complexity index is 564. The largest absolute Gasteiger partial charge is 0.490 e. The zero-order chi connectivity index (χ0) is 16.2. The van der Waals surface area contributed by atoms with Crippen LogP contribution in [0, 0.1) is 0 Å². The highest BCUT2D eigenvalue weighted by Gasteiger charge is 1.97. The van der Waals surface area contributed by atoms with Gasteiger partial charge in [0.15, 0.2) is 0 Å². The minimum absolute atomic E-state index is 0.554. The summed E-state index contributed by atoms with van der Waals surface area (Å²) < 4.78 is 11.1. The Hall–Kier alpha value is -2.10. The number of hydrogen-bond donors (Lipinski definition) is 1. The minimum atomic E-state index is 0.554. The van der Waals surface area contributed by atoms with Crippen LogP contribution in [-0.4, -0.2) is 26.4 Å². The van der Waals surface area contributed by atoms with Crippen molar-refractivity contribution < 1.29 is 9.47 Å². The van der Waals surface area contributed by atoms with Crippen LogP contribution in [0.3, 0.4) is 0 Å². The molecule has 0 heterocycles. The van der Waals surface area contributed by atoms with E-state index in [9.17, 15) is 0 Å². The van der Waals surface area contributed by atoms with Crippen LogP contribution in [0.15, 0.2) is 66.7 Å². The summed E-state index contributed by atoms with van der Waals surface area (Å²) in [6.45, 7) is 2.55. The van der Waals surface area contributed by atoms with Crippen LogP contribution in [0.2, 0.25) is 0 Å². The van der Waals surface area contributed by atoms with E-state index in [1.807, 2.05) is 30.4 Å². The Morgan fingerprint density at radius 1 is 0.826 bits per heavy atom. The van der Waals surface area contributed by atoms with Gasteiger partial charge in [-0.25, -0.2) is 0 Å². The fraction of sp³-hybridized carbons (Fsp3) is 0.300. The Balaban J connectivity index is 1.68. The van der Waals surface area contributed by atoms with Gasteiger partial charge in [0.2, 0.25) is 0 Å². The molecule has 0 aromatic heterocycles.